The Balaban J connectivity index is 0.000000763. The lowest BCUT2D eigenvalue weighted by Crippen LogP contribution is -2.50. The Morgan fingerprint density at radius 2 is 1.82 bits per heavy atom. The van der Waals surface area contributed by atoms with Crippen LogP contribution in [0.3, 0.4) is 0 Å². The van der Waals surface area contributed by atoms with Crippen molar-refractivity contribution in [2.75, 3.05) is 13.1 Å². The number of hydrogen-bond acceptors (Lipinski definition) is 4. The van der Waals surface area contributed by atoms with Gasteiger partial charge in [0.05, 0.1) is 0 Å². The minimum absolute atomic E-state index is 0.0779. The topological polar surface area (TPSA) is 90.8 Å². The second-order valence-corrected chi connectivity index (χ2v) is 5.76. The van der Waals surface area contributed by atoms with Gasteiger partial charge in [0, 0.05) is 11.1 Å². The van der Waals surface area contributed by atoms with Gasteiger partial charge in [0.25, 0.3) is 5.91 Å². The summed E-state index contributed by atoms with van der Waals surface area (Å²) in [5, 5.41) is 15.0. The summed E-state index contributed by atoms with van der Waals surface area (Å²) in [5.74, 6) is -0.807. The summed E-state index contributed by atoms with van der Waals surface area (Å²) in [6.07, 6.45) is 0. The number of hydrogen-bond donors (Lipinski definition) is 3. The van der Waals surface area contributed by atoms with Crippen molar-refractivity contribution in [2.45, 2.75) is 54.0 Å². The Morgan fingerprint density at radius 1 is 1.32 bits per heavy atom. The van der Waals surface area contributed by atoms with Gasteiger partial charge in [-0.25, -0.2) is 4.79 Å². The molecular formula is C16H29N3O3. The number of aliphatic carboxylic acids is 1. The minimum Gasteiger partial charge on any atom is -0.478 e. The zero-order valence-corrected chi connectivity index (χ0v) is 14.7. The molecule has 1 aliphatic rings. The molecule has 0 fully saturated rings. The van der Waals surface area contributed by atoms with Crippen LogP contribution < -0.4 is 10.6 Å². The molecule has 0 spiro atoms. The van der Waals surface area contributed by atoms with Crippen LogP contribution in [-0.2, 0) is 9.59 Å². The van der Waals surface area contributed by atoms with Gasteiger partial charge in [-0.2, -0.15) is 4.99 Å². The van der Waals surface area contributed by atoms with Crippen molar-refractivity contribution < 1.29 is 14.7 Å². The first kappa shape index (κ1) is 20.3. The predicted molar refractivity (Wildman–Crippen MR) is 89.0 cm³/mol. The highest BCUT2D eigenvalue weighted by Crippen LogP contribution is 2.24. The van der Waals surface area contributed by atoms with Crippen LogP contribution in [0.2, 0.25) is 0 Å². The number of carboxylic acid groups (broad SMARTS) is 1. The summed E-state index contributed by atoms with van der Waals surface area (Å²) in [4.78, 5) is 26.6. The van der Waals surface area contributed by atoms with Gasteiger partial charge >= 0.3 is 5.97 Å². The smallest absolute Gasteiger partial charge is 0.331 e. The first-order valence-corrected chi connectivity index (χ1v) is 7.64. The van der Waals surface area contributed by atoms with Crippen LogP contribution in [0.25, 0.3) is 0 Å². The molecule has 1 rings (SSSR count). The highest BCUT2D eigenvalue weighted by atomic mass is 16.4. The lowest BCUT2D eigenvalue weighted by Gasteiger charge is -2.27. The average Bonchev–Trinajstić information content (AvgIpc) is 2.76. The van der Waals surface area contributed by atoms with Crippen molar-refractivity contribution in [1.29, 1.82) is 0 Å². The molecule has 6 nitrogen and oxygen atoms in total. The normalized spacial score (nSPS) is 21.6. The third-order valence-electron chi connectivity index (χ3n) is 3.93. The first-order valence-electron chi connectivity index (χ1n) is 7.64. The molecule has 1 unspecified atom stereocenters. The molecule has 1 atom stereocenters. The monoisotopic (exact) mass is 311 g/mol. The average molecular weight is 311 g/mol. The van der Waals surface area contributed by atoms with E-state index in [1.165, 1.54) is 6.92 Å². The van der Waals surface area contributed by atoms with E-state index in [-0.39, 0.29) is 17.4 Å². The Labute approximate surface area is 133 Å². The van der Waals surface area contributed by atoms with E-state index in [0.717, 1.165) is 13.1 Å². The molecule has 0 radical (unpaired) electrons. The van der Waals surface area contributed by atoms with E-state index in [1.807, 2.05) is 13.8 Å². The molecule has 1 aliphatic heterocycles. The molecule has 0 aromatic carbocycles. The zero-order valence-electron chi connectivity index (χ0n) is 14.7. The number of carboxylic acids is 1. The van der Waals surface area contributed by atoms with Crippen molar-refractivity contribution in [3.63, 3.8) is 0 Å². The van der Waals surface area contributed by atoms with Crippen molar-refractivity contribution in [2.24, 2.45) is 10.9 Å². The van der Waals surface area contributed by atoms with Crippen molar-refractivity contribution in [3.8, 4) is 0 Å². The fourth-order valence-electron chi connectivity index (χ4n) is 1.70. The maximum Gasteiger partial charge on any atom is 0.331 e. The minimum atomic E-state index is -1.00. The van der Waals surface area contributed by atoms with Gasteiger partial charge in [-0.1, -0.05) is 27.7 Å². The molecule has 1 heterocycles. The third-order valence-corrected chi connectivity index (χ3v) is 3.93. The largest absolute Gasteiger partial charge is 0.478 e. The molecule has 0 aliphatic carbocycles. The maximum absolute atomic E-state index is 11.8. The van der Waals surface area contributed by atoms with E-state index in [4.69, 9.17) is 5.11 Å². The fraction of sp³-hybridized carbons (Fsp3) is 0.688. The number of aliphatic imine (C=N–C) groups is 1. The summed E-state index contributed by atoms with van der Waals surface area (Å²) in [6, 6.07) is 0. The van der Waals surface area contributed by atoms with Gasteiger partial charge in [-0.05, 0) is 39.8 Å². The Kier molecular flexibility index (Phi) is 8.01. The van der Waals surface area contributed by atoms with Gasteiger partial charge in [0.15, 0.2) is 0 Å². The maximum atomic E-state index is 11.8. The highest BCUT2D eigenvalue weighted by Gasteiger charge is 2.42. The molecule has 3 N–H and O–H groups in total. The fourth-order valence-corrected chi connectivity index (χ4v) is 1.70. The Bertz CT molecular complexity index is 479. The molecule has 0 aromatic heterocycles. The molecule has 6 heteroatoms. The molecular weight excluding hydrogens is 282 g/mol. The van der Waals surface area contributed by atoms with E-state index in [2.05, 4.69) is 29.5 Å². The number of nitrogens with zero attached hydrogens (tertiary/aromatic N) is 1. The summed E-state index contributed by atoms with van der Waals surface area (Å²) in [7, 11) is 0. The SMILES string of the molecule is CC(C(=O)O)=C(C)C1=NC(=O)C(C)(C(C)C)N1.CCNCC. The lowest BCUT2D eigenvalue weighted by atomic mass is 9.88. The first-order chi connectivity index (χ1) is 10.1. The summed E-state index contributed by atoms with van der Waals surface area (Å²) in [6.45, 7) is 15.2. The second kappa shape index (κ2) is 8.68. The quantitative estimate of drug-likeness (QED) is 0.675. The van der Waals surface area contributed by atoms with Crippen molar-refractivity contribution in [3.05, 3.63) is 11.1 Å². The molecule has 0 saturated carbocycles. The van der Waals surface area contributed by atoms with Gasteiger partial charge in [0.2, 0.25) is 0 Å². The number of rotatable bonds is 5. The van der Waals surface area contributed by atoms with E-state index in [0.29, 0.717) is 11.4 Å². The van der Waals surface area contributed by atoms with Crippen LogP contribution >= 0.6 is 0 Å². The van der Waals surface area contributed by atoms with Crippen LogP contribution in [0.1, 0.15) is 48.5 Å². The van der Waals surface area contributed by atoms with Crippen LogP contribution in [0.4, 0.5) is 0 Å². The van der Waals surface area contributed by atoms with E-state index in [1.54, 1.807) is 13.8 Å². The number of carbonyl (C=O) groups excluding carboxylic acids is 1. The third kappa shape index (κ3) is 4.94. The standard InChI is InChI=1S/C12H18N2O3.C4H11N/c1-6(2)12(5)11(17)13-9(14-12)7(3)8(4)10(15)16;1-3-5-4-2/h6H,1-5H3,(H,15,16)(H,13,14,17);5H,3-4H2,1-2H3. The van der Waals surface area contributed by atoms with Gasteiger partial charge in [-0.3, -0.25) is 4.79 Å². The molecule has 0 bridgehead atoms. The molecule has 0 aromatic rings. The zero-order chi connectivity index (χ0) is 17.5. The van der Waals surface area contributed by atoms with E-state index >= 15 is 0 Å². The Hall–Kier alpha value is -1.69. The molecule has 1 amide bonds. The molecule has 126 valence electrons. The number of amides is 1. The number of nitrogens with one attached hydrogen (secondary N) is 2. The van der Waals surface area contributed by atoms with Gasteiger partial charge in [-0.15, -0.1) is 0 Å². The van der Waals surface area contributed by atoms with Crippen LogP contribution in [-0.4, -0.2) is 41.4 Å². The van der Waals surface area contributed by atoms with E-state index in [9.17, 15) is 9.59 Å². The highest BCUT2D eigenvalue weighted by molar-refractivity contribution is 6.15. The predicted octanol–water partition coefficient (Wildman–Crippen LogP) is 1.97. The summed E-state index contributed by atoms with van der Waals surface area (Å²) in [5.41, 5.74) is -0.0534. The summed E-state index contributed by atoms with van der Waals surface area (Å²) < 4.78 is 0. The number of carbonyl (C=O) groups is 2. The molecule has 22 heavy (non-hydrogen) atoms. The second-order valence-electron chi connectivity index (χ2n) is 5.76. The van der Waals surface area contributed by atoms with Crippen LogP contribution in [0.15, 0.2) is 16.1 Å². The van der Waals surface area contributed by atoms with Crippen LogP contribution in [0.5, 0.6) is 0 Å². The molecule has 0 saturated heterocycles. The summed E-state index contributed by atoms with van der Waals surface area (Å²) >= 11 is 0. The van der Waals surface area contributed by atoms with Gasteiger partial charge in [0.1, 0.15) is 11.4 Å². The lowest BCUT2D eigenvalue weighted by molar-refractivity contribution is -0.132. The van der Waals surface area contributed by atoms with Crippen molar-refractivity contribution >= 4 is 17.7 Å². The Morgan fingerprint density at radius 3 is 2.09 bits per heavy atom. The van der Waals surface area contributed by atoms with Crippen molar-refractivity contribution in [1.82, 2.24) is 10.6 Å². The van der Waals surface area contributed by atoms with Gasteiger partial charge < -0.3 is 15.7 Å². The number of amidine groups is 1. The van der Waals surface area contributed by atoms with Crippen LogP contribution in [0, 0.1) is 5.92 Å². The van der Waals surface area contributed by atoms with E-state index < -0.39 is 11.5 Å².